The van der Waals surface area contributed by atoms with Gasteiger partial charge in [-0.25, -0.2) is 4.98 Å². The molecule has 1 aliphatic carbocycles. The molecule has 0 aromatic carbocycles. The Balaban J connectivity index is 1.70. The average Bonchev–Trinajstić information content (AvgIpc) is 2.89. The van der Waals surface area contributed by atoms with Crippen molar-refractivity contribution < 1.29 is 4.52 Å². The highest BCUT2D eigenvalue weighted by Crippen LogP contribution is 2.35. The molecule has 0 spiro atoms. The lowest BCUT2D eigenvalue weighted by atomic mass is 9.78. The molecule has 2 aromatic heterocycles. The van der Waals surface area contributed by atoms with Crippen LogP contribution < -0.4 is 16.4 Å². The molecule has 1 fully saturated rings. The van der Waals surface area contributed by atoms with E-state index in [-0.39, 0.29) is 12.0 Å². The van der Waals surface area contributed by atoms with Gasteiger partial charge in [-0.15, -0.1) is 0 Å². The molecular weight excluding hydrogens is 306 g/mol. The van der Waals surface area contributed by atoms with E-state index in [9.17, 15) is 0 Å². The molecular formula is C16H25N7O. The second kappa shape index (κ2) is 6.72. The number of aromatic nitrogens is 4. The molecule has 8 heteroatoms. The summed E-state index contributed by atoms with van der Waals surface area (Å²) in [6.07, 6.45) is 2.70. The molecule has 0 amide bonds. The monoisotopic (exact) mass is 331 g/mol. The largest absolute Gasteiger partial charge is 0.368 e. The maximum Gasteiger partial charge on any atom is 0.246 e. The van der Waals surface area contributed by atoms with Gasteiger partial charge in [0.1, 0.15) is 5.82 Å². The maximum absolute atomic E-state index is 5.87. The lowest BCUT2D eigenvalue weighted by molar-refractivity contribution is 0.345. The van der Waals surface area contributed by atoms with E-state index >= 15 is 0 Å². The molecule has 2 aromatic rings. The molecule has 2 heterocycles. The van der Waals surface area contributed by atoms with Crippen molar-refractivity contribution in [2.45, 2.75) is 51.6 Å². The topological polar surface area (TPSA) is 120 Å². The first kappa shape index (κ1) is 16.6. The highest BCUT2D eigenvalue weighted by atomic mass is 16.5. The number of hydrogen-bond donors (Lipinski definition) is 2. The predicted octanol–water partition coefficient (Wildman–Crippen LogP) is 1.48. The number of anilines is 2. The van der Waals surface area contributed by atoms with E-state index in [1.54, 1.807) is 0 Å². The highest BCUT2D eigenvalue weighted by Gasteiger charge is 2.29. The Morgan fingerprint density at radius 1 is 1.29 bits per heavy atom. The first-order valence-electron chi connectivity index (χ1n) is 8.33. The summed E-state index contributed by atoms with van der Waals surface area (Å²) in [7, 11) is 1.92. The van der Waals surface area contributed by atoms with Crippen LogP contribution in [0.2, 0.25) is 0 Å². The second-order valence-corrected chi connectivity index (χ2v) is 7.00. The molecule has 3 rings (SSSR count). The summed E-state index contributed by atoms with van der Waals surface area (Å²) in [5.41, 5.74) is 12.7. The van der Waals surface area contributed by atoms with Crippen molar-refractivity contribution in [3.63, 3.8) is 0 Å². The molecule has 1 aliphatic rings. The van der Waals surface area contributed by atoms with Gasteiger partial charge in [-0.3, -0.25) is 0 Å². The van der Waals surface area contributed by atoms with Crippen LogP contribution in [0.4, 0.5) is 11.8 Å². The van der Waals surface area contributed by atoms with Gasteiger partial charge < -0.3 is 20.9 Å². The summed E-state index contributed by atoms with van der Waals surface area (Å²) in [4.78, 5) is 15.0. The van der Waals surface area contributed by atoms with Gasteiger partial charge in [0.25, 0.3) is 0 Å². The van der Waals surface area contributed by atoms with Gasteiger partial charge in [-0.1, -0.05) is 19.0 Å². The quantitative estimate of drug-likeness (QED) is 0.816. The predicted molar refractivity (Wildman–Crippen MR) is 91.3 cm³/mol. The van der Waals surface area contributed by atoms with Crippen molar-refractivity contribution in [1.82, 2.24) is 20.1 Å². The standard InChI is InChI=1S/C16H25N7O/c1-9(2)4-13-20-15(24-22-13)8-23(3)14-7-12(19-16(18)21-14)10-5-11(17)6-10/h7,9-11H,4-6,8,17H2,1-3H3,(H2,18,19,21). The molecule has 0 unspecified atom stereocenters. The molecule has 0 radical (unpaired) electrons. The Bertz CT molecular complexity index is 693. The molecule has 0 atom stereocenters. The normalized spacial score (nSPS) is 20.2. The third kappa shape index (κ3) is 3.81. The molecule has 1 saturated carbocycles. The van der Waals surface area contributed by atoms with E-state index in [0.717, 1.165) is 36.6 Å². The molecule has 0 saturated heterocycles. The zero-order chi connectivity index (χ0) is 17.3. The summed E-state index contributed by atoms with van der Waals surface area (Å²) < 4.78 is 5.32. The van der Waals surface area contributed by atoms with Crippen LogP contribution >= 0.6 is 0 Å². The first-order chi connectivity index (χ1) is 11.4. The molecule has 0 aliphatic heterocycles. The number of nitrogen functional groups attached to an aromatic ring is 1. The van der Waals surface area contributed by atoms with Crippen molar-refractivity contribution in [2.75, 3.05) is 17.7 Å². The van der Waals surface area contributed by atoms with Crippen LogP contribution in [-0.2, 0) is 13.0 Å². The zero-order valence-electron chi connectivity index (χ0n) is 14.4. The van der Waals surface area contributed by atoms with Crippen LogP contribution in [0, 0.1) is 5.92 Å². The minimum atomic E-state index is 0.269. The van der Waals surface area contributed by atoms with Crippen LogP contribution in [0.15, 0.2) is 10.6 Å². The third-order valence-corrected chi connectivity index (χ3v) is 4.21. The summed E-state index contributed by atoms with van der Waals surface area (Å²) in [5, 5.41) is 4.01. The van der Waals surface area contributed by atoms with Crippen molar-refractivity contribution in [2.24, 2.45) is 11.7 Å². The van der Waals surface area contributed by atoms with E-state index in [1.807, 2.05) is 18.0 Å². The number of hydrogen-bond acceptors (Lipinski definition) is 8. The Morgan fingerprint density at radius 2 is 2.04 bits per heavy atom. The van der Waals surface area contributed by atoms with Crippen LogP contribution in [0.5, 0.6) is 0 Å². The summed E-state index contributed by atoms with van der Waals surface area (Å²) >= 11 is 0. The number of rotatable bonds is 6. The lowest BCUT2D eigenvalue weighted by Gasteiger charge is -2.32. The maximum atomic E-state index is 5.87. The van der Waals surface area contributed by atoms with Gasteiger partial charge in [0.2, 0.25) is 11.8 Å². The summed E-state index contributed by atoms with van der Waals surface area (Å²) in [6, 6.07) is 2.24. The minimum Gasteiger partial charge on any atom is -0.368 e. The fourth-order valence-electron chi connectivity index (χ4n) is 2.87. The minimum absolute atomic E-state index is 0.269. The highest BCUT2D eigenvalue weighted by molar-refractivity contribution is 5.44. The zero-order valence-corrected chi connectivity index (χ0v) is 14.4. The molecule has 8 nitrogen and oxygen atoms in total. The fraction of sp³-hybridized carbons (Fsp3) is 0.625. The van der Waals surface area contributed by atoms with Crippen LogP contribution in [-0.4, -0.2) is 33.2 Å². The van der Waals surface area contributed by atoms with Gasteiger partial charge in [-0.05, 0) is 18.8 Å². The molecule has 130 valence electrons. The molecule has 4 N–H and O–H groups in total. The summed E-state index contributed by atoms with van der Waals surface area (Å²) in [6.45, 7) is 4.73. The Morgan fingerprint density at radius 3 is 2.71 bits per heavy atom. The Hall–Kier alpha value is -2.22. The molecule has 24 heavy (non-hydrogen) atoms. The van der Waals surface area contributed by atoms with E-state index in [1.165, 1.54) is 0 Å². The lowest BCUT2D eigenvalue weighted by Crippen LogP contribution is -2.35. The SMILES string of the molecule is CC(C)Cc1noc(CN(C)c2cc(C3CC(N)C3)nc(N)n2)n1. The summed E-state index contributed by atoms with van der Waals surface area (Å²) in [5.74, 6) is 3.20. The van der Waals surface area contributed by atoms with Crippen molar-refractivity contribution >= 4 is 11.8 Å². The van der Waals surface area contributed by atoms with Gasteiger partial charge in [0.05, 0.1) is 12.2 Å². The number of nitrogens with zero attached hydrogens (tertiary/aromatic N) is 5. The van der Waals surface area contributed by atoms with Crippen LogP contribution in [0.3, 0.4) is 0 Å². The van der Waals surface area contributed by atoms with Gasteiger partial charge in [0, 0.05) is 31.5 Å². The van der Waals surface area contributed by atoms with E-state index in [2.05, 4.69) is 34.0 Å². The first-order valence-corrected chi connectivity index (χ1v) is 8.33. The van der Waals surface area contributed by atoms with Crippen LogP contribution in [0.1, 0.15) is 50.0 Å². The second-order valence-electron chi connectivity index (χ2n) is 7.00. The van der Waals surface area contributed by atoms with Gasteiger partial charge in [0.15, 0.2) is 5.82 Å². The smallest absolute Gasteiger partial charge is 0.246 e. The van der Waals surface area contributed by atoms with Crippen molar-refractivity contribution in [3.8, 4) is 0 Å². The Kier molecular flexibility index (Phi) is 4.66. The van der Waals surface area contributed by atoms with E-state index in [0.29, 0.717) is 24.3 Å². The Labute approximate surface area is 141 Å². The molecule has 0 bridgehead atoms. The van der Waals surface area contributed by atoms with Gasteiger partial charge in [-0.2, -0.15) is 9.97 Å². The number of nitrogens with two attached hydrogens (primary N) is 2. The van der Waals surface area contributed by atoms with Crippen molar-refractivity contribution in [1.29, 1.82) is 0 Å². The van der Waals surface area contributed by atoms with Crippen molar-refractivity contribution in [3.05, 3.63) is 23.5 Å². The van der Waals surface area contributed by atoms with E-state index < -0.39 is 0 Å². The average molecular weight is 331 g/mol. The van der Waals surface area contributed by atoms with Crippen LogP contribution in [0.25, 0.3) is 0 Å². The van der Waals surface area contributed by atoms with E-state index in [4.69, 9.17) is 16.0 Å². The fourth-order valence-corrected chi connectivity index (χ4v) is 2.87. The third-order valence-electron chi connectivity index (χ3n) is 4.21. The van der Waals surface area contributed by atoms with Gasteiger partial charge >= 0.3 is 0 Å².